The van der Waals surface area contributed by atoms with E-state index in [-0.39, 0.29) is 0 Å². The number of amides is 2. The lowest BCUT2D eigenvalue weighted by atomic mass is 9.99. The highest BCUT2D eigenvalue weighted by molar-refractivity contribution is 5.93. The Hall–Kier alpha value is -1.62. The van der Waals surface area contributed by atoms with Gasteiger partial charge in [-0.15, -0.1) is 0 Å². The third-order valence-corrected chi connectivity index (χ3v) is 2.69. The first-order chi connectivity index (χ1) is 6.93. The zero-order valence-corrected chi connectivity index (χ0v) is 8.41. The predicted molar refractivity (Wildman–Crippen MR) is 52.8 cm³/mol. The summed E-state index contributed by atoms with van der Waals surface area (Å²) in [5.41, 5.74) is -0.700. The SMILES string of the molecule is CN1C(=O)Nc2ccc(F)cc2C1(C)O. The molecular formula is C10H11FN2O2. The van der Waals surface area contributed by atoms with Gasteiger partial charge in [-0.3, -0.25) is 4.90 Å². The minimum absolute atomic E-state index is 0.351. The molecule has 2 N–H and O–H groups in total. The molecule has 0 spiro atoms. The van der Waals surface area contributed by atoms with E-state index < -0.39 is 17.6 Å². The highest BCUT2D eigenvalue weighted by Gasteiger charge is 2.38. The highest BCUT2D eigenvalue weighted by Crippen LogP contribution is 2.35. The van der Waals surface area contributed by atoms with Crippen LogP contribution in [0.1, 0.15) is 12.5 Å². The lowest BCUT2D eigenvalue weighted by Gasteiger charge is -2.39. The molecule has 1 aromatic rings. The van der Waals surface area contributed by atoms with E-state index in [0.717, 1.165) is 4.90 Å². The molecular weight excluding hydrogens is 199 g/mol. The van der Waals surface area contributed by atoms with Crippen LogP contribution in [0, 0.1) is 5.82 Å². The Balaban J connectivity index is 2.62. The van der Waals surface area contributed by atoms with Gasteiger partial charge in [0.25, 0.3) is 0 Å². The number of hydrogen-bond donors (Lipinski definition) is 2. The van der Waals surface area contributed by atoms with E-state index in [0.29, 0.717) is 11.3 Å². The van der Waals surface area contributed by atoms with Crippen molar-refractivity contribution in [2.45, 2.75) is 12.6 Å². The summed E-state index contributed by atoms with van der Waals surface area (Å²) in [5, 5.41) is 12.6. The van der Waals surface area contributed by atoms with E-state index in [9.17, 15) is 14.3 Å². The van der Waals surface area contributed by atoms with Gasteiger partial charge in [0.15, 0.2) is 5.72 Å². The molecule has 0 aliphatic carbocycles. The molecule has 0 bridgehead atoms. The van der Waals surface area contributed by atoms with E-state index in [1.54, 1.807) is 0 Å². The number of rotatable bonds is 0. The molecule has 4 nitrogen and oxygen atoms in total. The number of carbonyl (C=O) groups is 1. The maximum Gasteiger partial charge on any atom is 0.324 e. The molecule has 1 atom stereocenters. The summed E-state index contributed by atoms with van der Waals surface area (Å²) in [6.45, 7) is 1.45. The number of hydrogen-bond acceptors (Lipinski definition) is 2. The second-order valence-corrected chi connectivity index (χ2v) is 3.70. The summed E-state index contributed by atoms with van der Waals surface area (Å²) in [5.74, 6) is -0.446. The fourth-order valence-electron chi connectivity index (χ4n) is 1.59. The number of anilines is 1. The van der Waals surface area contributed by atoms with Crippen LogP contribution in [0.2, 0.25) is 0 Å². The molecule has 2 rings (SSSR count). The summed E-state index contributed by atoms with van der Waals surface area (Å²) in [6, 6.07) is 3.47. The molecule has 1 aliphatic heterocycles. The summed E-state index contributed by atoms with van der Waals surface area (Å²) in [6.07, 6.45) is 0. The molecule has 0 radical (unpaired) electrons. The van der Waals surface area contributed by atoms with E-state index in [4.69, 9.17) is 0 Å². The van der Waals surface area contributed by atoms with Crippen LogP contribution in [0.15, 0.2) is 18.2 Å². The summed E-state index contributed by atoms with van der Waals surface area (Å²) in [4.78, 5) is 12.5. The van der Waals surface area contributed by atoms with Crippen LogP contribution >= 0.6 is 0 Å². The summed E-state index contributed by atoms with van der Waals surface area (Å²) in [7, 11) is 1.45. The van der Waals surface area contributed by atoms with Crippen molar-refractivity contribution < 1.29 is 14.3 Å². The number of halogens is 1. The molecule has 0 saturated carbocycles. The Labute approximate surface area is 86.3 Å². The van der Waals surface area contributed by atoms with Gasteiger partial charge in [0.1, 0.15) is 5.82 Å². The maximum atomic E-state index is 13.0. The highest BCUT2D eigenvalue weighted by atomic mass is 19.1. The van der Waals surface area contributed by atoms with Gasteiger partial charge in [0.05, 0.1) is 5.69 Å². The van der Waals surface area contributed by atoms with E-state index in [1.807, 2.05) is 0 Å². The van der Waals surface area contributed by atoms with Crippen molar-refractivity contribution in [3.63, 3.8) is 0 Å². The quantitative estimate of drug-likeness (QED) is 0.681. The second kappa shape index (κ2) is 2.93. The zero-order chi connectivity index (χ0) is 11.2. The minimum Gasteiger partial charge on any atom is -0.367 e. The molecule has 1 aliphatic rings. The molecule has 0 saturated heterocycles. The molecule has 1 aromatic carbocycles. The Bertz CT molecular complexity index is 431. The average Bonchev–Trinajstić information content (AvgIpc) is 2.17. The van der Waals surface area contributed by atoms with Crippen LogP contribution in [-0.2, 0) is 5.72 Å². The molecule has 1 unspecified atom stereocenters. The van der Waals surface area contributed by atoms with Crippen molar-refractivity contribution in [2.75, 3.05) is 12.4 Å². The monoisotopic (exact) mass is 210 g/mol. The fourth-order valence-corrected chi connectivity index (χ4v) is 1.59. The molecule has 0 aromatic heterocycles. The van der Waals surface area contributed by atoms with E-state index >= 15 is 0 Å². The lowest BCUT2D eigenvalue weighted by Crippen LogP contribution is -2.50. The largest absolute Gasteiger partial charge is 0.367 e. The molecule has 0 fully saturated rings. The van der Waals surface area contributed by atoms with Gasteiger partial charge < -0.3 is 10.4 Å². The first-order valence-corrected chi connectivity index (χ1v) is 4.50. The van der Waals surface area contributed by atoms with Crippen LogP contribution in [0.4, 0.5) is 14.9 Å². The lowest BCUT2D eigenvalue weighted by molar-refractivity contribution is -0.0592. The standard InChI is InChI=1S/C10H11FN2O2/c1-10(15)7-5-6(11)3-4-8(7)12-9(14)13(10)2/h3-5,15H,1-2H3,(H,12,14). The van der Waals surface area contributed by atoms with E-state index in [1.165, 1.54) is 32.2 Å². The average molecular weight is 210 g/mol. The van der Waals surface area contributed by atoms with Crippen molar-refractivity contribution >= 4 is 11.7 Å². The number of carbonyl (C=O) groups excluding carboxylic acids is 1. The number of nitrogens with zero attached hydrogens (tertiary/aromatic N) is 1. The summed E-state index contributed by atoms with van der Waals surface area (Å²) >= 11 is 0. The molecule has 5 heteroatoms. The smallest absolute Gasteiger partial charge is 0.324 e. The third-order valence-electron chi connectivity index (χ3n) is 2.69. The topological polar surface area (TPSA) is 52.6 Å². The van der Waals surface area contributed by atoms with Crippen molar-refractivity contribution in [3.05, 3.63) is 29.6 Å². The number of urea groups is 1. The van der Waals surface area contributed by atoms with E-state index in [2.05, 4.69) is 5.32 Å². The van der Waals surface area contributed by atoms with Gasteiger partial charge in [-0.25, -0.2) is 9.18 Å². The maximum absolute atomic E-state index is 13.0. The number of benzene rings is 1. The molecule has 80 valence electrons. The molecule has 2 amide bonds. The Morgan fingerprint density at radius 1 is 1.53 bits per heavy atom. The molecule has 1 heterocycles. The minimum atomic E-state index is -1.49. The van der Waals surface area contributed by atoms with Crippen LogP contribution < -0.4 is 5.32 Å². The van der Waals surface area contributed by atoms with Crippen LogP contribution in [-0.4, -0.2) is 23.1 Å². The summed E-state index contributed by atoms with van der Waals surface area (Å²) < 4.78 is 13.0. The van der Waals surface area contributed by atoms with Gasteiger partial charge in [-0.2, -0.15) is 0 Å². The Morgan fingerprint density at radius 3 is 2.87 bits per heavy atom. The van der Waals surface area contributed by atoms with Gasteiger partial charge in [0.2, 0.25) is 0 Å². The Kier molecular flexibility index (Phi) is 1.94. The van der Waals surface area contributed by atoms with Crippen molar-refractivity contribution in [2.24, 2.45) is 0 Å². The van der Waals surface area contributed by atoms with Crippen LogP contribution in [0.5, 0.6) is 0 Å². The predicted octanol–water partition coefficient (Wildman–Crippen LogP) is 1.47. The Morgan fingerprint density at radius 2 is 2.20 bits per heavy atom. The first kappa shape index (κ1) is 9.92. The number of nitrogens with one attached hydrogen (secondary N) is 1. The van der Waals surface area contributed by atoms with Crippen LogP contribution in [0.25, 0.3) is 0 Å². The third kappa shape index (κ3) is 1.35. The van der Waals surface area contributed by atoms with Gasteiger partial charge in [-0.05, 0) is 25.1 Å². The normalized spacial score (nSPS) is 24.8. The van der Waals surface area contributed by atoms with Crippen molar-refractivity contribution in [1.82, 2.24) is 4.90 Å². The van der Waals surface area contributed by atoms with Crippen molar-refractivity contribution in [1.29, 1.82) is 0 Å². The van der Waals surface area contributed by atoms with Crippen LogP contribution in [0.3, 0.4) is 0 Å². The fraction of sp³-hybridized carbons (Fsp3) is 0.300. The second-order valence-electron chi connectivity index (χ2n) is 3.70. The van der Waals surface area contributed by atoms with Gasteiger partial charge in [0, 0.05) is 12.6 Å². The first-order valence-electron chi connectivity index (χ1n) is 4.50. The molecule has 15 heavy (non-hydrogen) atoms. The zero-order valence-electron chi connectivity index (χ0n) is 8.41. The number of aliphatic hydroxyl groups is 1. The van der Waals surface area contributed by atoms with Crippen molar-refractivity contribution in [3.8, 4) is 0 Å². The number of fused-ring (bicyclic) bond motifs is 1. The van der Waals surface area contributed by atoms with Gasteiger partial charge in [-0.1, -0.05) is 0 Å². The van der Waals surface area contributed by atoms with Gasteiger partial charge >= 0.3 is 6.03 Å².